The van der Waals surface area contributed by atoms with E-state index in [9.17, 15) is 14.7 Å². The van der Waals surface area contributed by atoms with Crippen molar-refractivity contribution >= 4 is 11.9 Å². The van der Waals surface area contributed by atoms with E-state index in [1.807, 2.05) is 13.8 Å². The Morgan fingerprint density at radius 3 is 2.46 bits per heavy atom. The molecule has 0 aliphatic heterocycles. The van der Waals surface area contributed by atoms with Crippen LogP contribution >= 0.6 is 0 Å². The van der Waals surface area contributed by atoms with Gasteiger partial charge in [-0.3, -0.25) is 4.79 Å². The molecule has 0 bridgehead atoms. The van der Waals surface area contributed by atoms with Crippen LogP contribution in [0.5, 0.6) is 5.75 Å². The predicted octanol–water partition coefficient (Wildman–Crippen LogP) is 0.928. The Labute approximate surface area is 150 Å². The van der Waals surface area contributed by atoms with Crippen molar-refractivity contribution in [3.8, 4) is 11.4 Å². The summed E-state index contributed by atoms with van der Waals surface area (Å²) in [7, 11) is 0. The normalized spacial score (nSPS) is 13.3. The molecular weight excluding hydrogens is 340 g/mol. The molecule has 1 atom stereocenters. The quantitative estimate of drug-likeness (QED) is 0.668. The second-order valence-corrected chi connectivity index (χ2v) is 6.36. The molecule has 0 saturated heterocycles. The van der Waals surface area contributed by atoms with E-state index in [0.29, 0.717) is 11.4 Å². The minimum absolute atomic E-state index is 0.0497. The summed E-state index contributed by atoms with van der Waals surface area (Å²) < 4.78 is 7.07. The van der Waals surface area contributed by atoms with Crippen LogP contribution in [-0.4, -0.2) is 55.3 Å². The fraction of sp³-hybridized carbons (Fsp3) is 0.412. The van der Waals surface area contributed by atoms with E-state index in [1.54, 1.807) is 31.2 Å². The minimum Gasteiger partial charge on any atom is -0.491 e. The third-order valence-electron chi connectivity index (χ3n) is 3.62. The molecule has 1 amide bonds. The standard InChI is InChI=1S/C17H22N4O5/c1-10(2)26-13-7-5-12(6-8-13)21-11(3)14(19-20-21)15(22)18-9-17(4,25)16(23)24/h5-8,10,25H,9H2,1-4H3,(H,18,22)(H,23,24). The second kappa shape index (κ2) is 7.52. The summed E-state index contributed by atoms with van der Waals surface area (Å²) in [5.74, 6) is -1.33. The molecule has 9 nitrogen and oxygen atoms in total. The molecule has 26 heavy (non-hydrogen) atoms. The summed E-state index contributed by atoms with van der Waals surface area (Å²) in [6.07, 6.45) is 0.0623. The monoisotopic (exact) mass is 362 g/mol. The second-order valence-electron chi connectivity index (χ2n) is 6.36. The zero-order chi connectivity index (χ0) is 19.5. The molecule has 0 saturated carbocycles. The molecule has 140 valence electrons. The van der Waals surface area contributed by atoms with Gasteiger partial charge >= 0.3 is 5.97 Å². The fourth-order valence-corrected chi connectivity index (χ4v) is 2.13. The third kappa shape index (κ3) is 4.37. The van der Waals surface area contributed by atoms with Gasteiger partial charge < -0.3 is 20.3 Å². The number of carbonyl (C=O) groups excluding carboxylic acids is 1. The zero-order valence-corrected chi connectivity index (χ0v) is 15.1. The Hall–Kier alpha value is -2.94. The molecule has 1 aromatic carbocycles. The van der Waals surface area contributed by atoms with Crippen LogP contribution in [0.4, 0.5) is 0 Å². The van der Waals surface area contributed by atoms with E-state index in [1.165, 1.54) is 4.68 Å². The molecule has 2 rings (SSSR count). The predicted molar refractivity (Wildman–Crippen MR) is 92.5 cm³/mol. The number of aliphatic hydroxyl groups is 1. The average molecular weight is 362 g/mol. The average Bonchev–Trinajstić information content (AvgIpc) is 2.94. The summed E-state index contributed by atoms with van der Waals surface area (Å²) in [6.45, 7) is 6.18. The maximum absolute atomic E-state index is 12.2. The molecule has 1 unspecified atom stereocenters. The number of ether oxygens (including phenoxy) is 1. The third-order valence-corrected chi connectivity index (χ3v) is 3.62. The molecule has 0 fully saturated rings. The highest BCUT2D eigenvalue weighted by Gasteiger charge is 2.31. The number of rotatable bonds is 7. The topological polar surface area (TPSA) is 127 Å². The number of aliphatic carboxylic acids is 1. The van der Waals surface area contributed by atoms with Crippen molar-refractivity contribution < 1.29 is 24.5 Å². The Kier molecular flexibility index (Phi) is 5.61. The van der Waals surface area contributed by atoms with E-state index in [-0.39, 0.29) is 11.8 Å². The first-order valence-corrected chi connectivity index (χ1v) is 8.05. The van der Waals surface area contributed by atoms with Crippen molar-refractivity contribution in [2.45, 2.75) is 39.4 Å². The van der Waals surface area contributed by atoms with Crippen molar-refractivity contribution in [1.82, 2.24) is 20.3 Å². The molecule has 1 aromatic heterocycles. The van der Waals surface area contributed by atoms with Gasteiger partial charge in [-0.25, -0.2) is 9.48 Å². The van der Waals surface area contributed by atoms with Crippen LogP contribution in [-0.2, 0) is 4.79 Å². The Balaban J connectivity index is 2.14. The highest BCUT2D eigenvalue weighted by Crippen LogP contribution is 2.18. The Bertz CT molecular complexity index is 796. The van der Waals surface area contributed by atoms with E-state index >= 15 is 0 Å². The Morgan fingerprint density at radius 2 is 1.92 bits per heavy atom. The summed E-state index contributed by atoms with van der Waals surface area (Å²) >= 11 is 0. The largest absolute Gasteiger partial charge is 0.491 e. The van der Waals surface area contributed by atoms with Gasteiger partial charge in [0.1, 0.15) is 5.75 Å². The number of carboxylic acids is 1. The van der Waals surface area contributed by atoms with Crippen LogP contribution in [0.1, 0.15) is 37.0 Å². The Morgan fingerprint density at radius 1 is 1.31 bits per heavy atom. The summed E-state index contributed by atoms with van der Waals surface area (Å²) in [4.78, 5) is 23.1. The molecule has 1 heterocycles. The molecule has 0 spiro atoms. The van der Waals surface area contributed by atoms with E-state index in [0.717, 1.165) is 12.7 Å². The SMILES string of the molecule is Cc1c(C(=O)NCC(C)(O)C(=O)O)nnn1-c1ccc(OC(C)C)cc1. The number of carboxylic acid groups (broad SMARTS) is 1. The maximum Gasteiger partial charge on any atom is 0.337 e. The molecule has 0 aliphatic rings. The fourth-order valence-electron chi connectivity index (χ4n) is 2.13. The van der Waals surface area contributed by atoms with Crippen molar-refractivity contribution in [1.29, 1.82) is 0 Å². The van der Waals surface area contributed by atoms with Gasteiger partial charge in [-0.1, -0.05) is 5.21 Å². The van der Waals surface area contributed by atoms with Crippen LogP contribution in [0, 0.1) is 6.92 Å². The summed E-state index contributed by atoms with van der Waals surface area (Å²) in [5.41, 5.74) is -0.836. The van der Waals surface area contributed by atoms with Crippen LogP contribution in [0.2, 0.25) is 0 Å². The number of benzene rings is 1. The minimum atomic E-state index is -2.06. The first-order valence-electron chi connectivity index (χ1n) is 8.05. The van der Waals surface area contributed by atoms with Gasteiger partial charge in [0.15, 0.2) is 11.3 Å². The molecule has 3 N–H and O–H groups in total. The number of nitrogens with zero attached hydrogens (tertiary/aromatic N) is 3. The van der Waals surface area contributed by atoms with Gasteiger partial charge in [0.25, 0.3) is 5.91 Å². The van der Waals surface area contributed by atoms with E-state index < -0.39 is 24.0 Å². The lowest BCUT2D eigenvalue weighted by molar-refractivity contribution is -0.155. The van der Waals surface area contributed by atoms with Gasteiger partial charge in [-0.15, -0.1) is 5.10 Å². The summed E-state index contributed by atoms with van der Waals surface area (Å²) in [5, 5.41) is 28.7. The molecule has 2 aromatic rings. The number of amides is 1. The van der Waals surface area contributed by atoms with Gasteiger partial charge in [0.2, 0.25) is 0 Å². The number of carbonyl (C=O) groups is 2. The van der Waals surface area contributed by atoms with Gasteiger partial charge in [0.05, 0.1) is 24.0 Å². The van der Waals surface area contributed by atoms with Crippen molar-refractivity contribution in [2.75, 3.05) is 6.54 Å². The van der Waals surface area contributed by atoms with Crippen LogP contribution in [0.3, 0.4) is 0 Å². The highest BCUT2D eigenvalue weighted by atomic mass is 16.5. The first-order chi connectivity index (χ1) is 12.1. The van der Waals surface area contributed by atoms with E-state index in [2.05, 4.69) is 15.6 Å². The molecular formula is C17H22N4O5. The number of hydrogen-bond acceptors (Lipinski definition) is 6. The number of nitrogens with one attached hydrogen (secondary N) is 1. The van der Waals surface area contributed by atoms with E-state index in [4.69, 9.17) is 9.84 Å². The summed E-state index contributed by atoms with van der Waals surface area (Å²) in [6, 6.07) is 7.16. The maximum atomic E-state index is 12.2. The molecule has 0 radical (unpaired) electrons. The molecule has 9 heteroatoms. The highest BCUT2D eigenvalue weighted by molar-refractivity contribution is 5.93. The number of hydrogen-bond donors (Lipinski definition) is 3. The van der Waals surface area contributed by atoms with Crippen molar-refractivity contribution in [3.63, 3.8) is 0 Å². The van der Waals surface area contributed by atoms with Crippen LogP contribution in [0.25, 0.3) is 5.69 Å². The lowest BCUT2D eigenvalue weighted by Crippen LogP contribution is -2.46. The van der Waals surface area contributed by atoms with Crippen molar-refractivity contribution in [3.05, 3.63) is 35.7 Å². The number of aromatic nitrogens is 3. The first kappa shape index (κ1) is 19.4. The zero-order valence-electron chi connectivity index (χ0n) is 15.1. The smallest absolute Gasteiger partial charge is 0.337 e. The van der Waals surface area contributed by atoms with Crippen LogP contribution in [0.15, 0.2) is 24.3 Å². The van der Waals surface area contributed by atoms with Gasteiger partial charge in [-0.2, -0.15) is 0 Å². The molecule has 0 aliphatic carbocycles. The van der Waals surface area contributed by atoms with Crippen molar-refractivity contribution in [2.24, 2.45) is 0 Å². The van der Waals surface area contributed by atoms with Gasteiger partial charge in [0, 0.05) is 0 Å². The lowest BCUT2D eigenvalue weighted by Gasteiger charge is -2.17. The van der Waals surface area contributed by atoms with Gasteiger partial charge in [-0.05, 0) is 52.0 Å². The lowest BCUT2D eigenvalue weighted by atomic mass is 10.1. The van der Waals surface area contributed by atoms with Crippen LogP contribution < -0.4 is 10.1 Å².